The van der Waals surface area contributed by atoms with Crippen LogP contribution in [0.2, 0.25) is 0 Å². The lowest BCUT2D eigenvalue weighted by Crippen LogP contribution is -2.05. The van der Waals surface area contributed by atoms with Crippen molar-refractivity contribution in [2.24, 2.45) is 0 Å². The van der Waals surface area contributed by atoms with Gasteiger partial charge in [-0.15, -0.1) is 0 Å². The average Bonchev–Trinajstić information content (AvgIpc) is 2.70. The van der Waals surface area contributed by atoms with Crippen LogP contribution in [-0.4, -0.2) is 18.3 Å². The van der Waals surface area contributed by atoms with E-state index in [0.717, 1.165) is 25.7 Å². The lowest BCUT2D eigenvalue weighted by molar-refractivity contribution is 0.314. The van der Waals surface area contributed by atoms with E-state index in [1.807, 2.05) is 13.0 Å². The van der Waals surface area contributed by atoms with Crippen LogP contribution in [0.15, 0.2) is 62.9 Å². The smallest absolute Gasteiger partial charge is 0.382 e. The van der Waals surface area contributed by atoms with Gasteiger partial charge in [-0.05, 0) is 64.7 Å². The number of benzene rings is 1. The summed E-state index contributed by atoms with van der Waals surface area (Å²) in [7, 11) is 0. The number of hydrogen-bond donors (Lipinski definition) is 1. The minimum absolute atomic E-state index is 0.0919. The van der Waals surface area contributed by atoms with Crippen molar-refractivity contribution in [3.8, 4) is 17.2 Å². The quantitative estimate of drug-likeness (QED) is 0.266. The number of fused-ring (bicyclic) bond motifs is 1. The van der Waals surface area contributed by atoms with Gasteiger partial charge in [-0.3, -0.25) is 0 Å². The van der Waals surface area contributed by atoms with Gasteiger partial charge in [0.2, 0.25) is 5.75 Å². The molecule has 2 rings (SSSR count). The molecule has 0 spiro atoms. The fraction of sp³-hybridized carbons (Fsp3) is 0.400. The summed E-state index contributed by atoms with van der Waals surface area (Å²) < 4.78 is 16.9. The van der Waals surface area contributed by atoms with Crippen LogP contribution in [0.25, 0.3) is 11.0 Å². The summed E-state index contributed by atoms with van der Waals surface area (Å²) in [6, 6.07) is 5.18. The van der Waals surface area contributed by atoms with Crippen molar-refractivity contribution in [3.63, 3.8) is 0 Å². The van der Waals surface area contributed by atoms with E-state index in [4.69, 9.17) is 13.9 Å². The molecular weight excluding hydrogens is 380 g/mol. The first kappa shape index (κ1) is 23.3. The molecule has 0 unspecified atom stereocenters. The maximum atomic E-state index is 12.0. The summed E-state index contributed by atoms with van der Waals surface area (Å²) in [5.41, 5.74) is 1.96. The van der Waals surface area contributed by atoms with Gasteiger partial charge in [-0.2, -0.15) is 0 Å². The normalized spacial score (nSPS) is 11.8. The van der Waals surface area contributed by atoms with Crippen LogP contribution in [0.3, 0.4) is 0 Å². The van der Waals surface area contributed by atoms with Crippen LogP contribution in [-0.2, 0) is 0 Å². The van der Waals surface area contributed by atoms with E-state index in [1.54, 1.807) is 18.2 Å². The highest BCUT2D eigenvalue weighted by molar-refractivity contribution is 5.91. The van der Waals surface area contributed by atoms with Gasteiger partial charge in [0.15, 0.2) is 5.75 Å². The molecular formula is C25H32O5. The van der Waals surface area contributed by atoms with Crippen LogP contribution < -0.4 is 15.1 Å². The number of ether oxygens (including phenoxy) is 2. The second-order valence-electron chi connectivity index (χ2n) is 7.39. The van der Waals surface area contributed by atoms with Crippen LogP contribution in [0.1, 0.15) is 53.4 Å². The Hall–Kier alpha value is -2.95. The van der Waals surface area contributed by atoms with Gasteiger partial charge in [-0.1, -0.05) is 42.4 Å². The Morgan fingerprint density at radius 3 is 2.63 bits per heavy atom. The monoisotopic (exact) mass is 412 g/mol. The Kier molecular flexibility index (Phi) is 9.26. The Bertz CT molecular complexity index is 975. The molecule has 0 radical (unpaired) electrons. The minimum Gasteiger partial charge on any atom is -0.499 e. The number of rotatable bonds is 11. The van der Waals surface area contributed by atoms with E-state index in [-0.39, 0.29) is 12.4 Å². The maximum absolute atomic E-state index is 12.0. The van der Waals surface area contributed by atoms with Crippen molar-refractivity contribution < 1.29 is 19.0 Å². The topological polar surface area (TPSA) is 68.9 Å². The fourth-order valence-electron chi connectivity index (χ4n) is 2.92. The molecule has 0 aliphatic carbocycles. The summed E-state index contributed by atoms with van der Waals surface area (Å²) in [5.74, 6) is 0.0602. The second-order valence-corrected chi connectivity index (χ2v) is 7.39. The predicted octanol–water partition coefficient (Wildman–Crippen LogP) is 6.31. The van der Waals surface area contributed by atoms with Crippen LogP contribution in [0.4, 0.5) is 0 Å². The summed E-state index contributed by atoms with van der Waals surface area (Å²) >= 11 is 0. The molecule has 0 aliphatic rings. The second kappa shape index (κ2) is 11.9. The zero-order chi connectivity index (χ0) is 21.9. The molecule has 1 heterocycles. The summed E-state index contributed by atoms with van der Waals surface area (Å²) in [4.78, 5) is 12.0. The molecule has 5 heteroatoms. The van der Waals surface area contributed by atoms with Gasteiger partial charge >= 0.3 is 5.63 Å². The Balaban J connectivity index is 2.22. The predicted molar refractivity (Wildman–Crippen MR) is 122 cm³/mol. The number of hydrogen-bond acceptors (Lipinski definition) is 5. The number of aromatic hydroxyl groups is 1. The SMILES string of the molecule is CCC=CCCOc1cccc2oc(=O)c(O)c(OCC=C(C)CCC=C(C)C)c12. The van der Waals surface area contributed by atoms with E-state index in [9.17, 15) is 9.90 Å². The van der Waals surface area contributed by atoms with E-state index in [0.29, 0.717) is 23.3 Å². The molecule has 0 saturated heterocycles. The van der Waals surface area contributed by atoms with Crippen molar-refractivity contribution in [2.75, 3.05) is 13.2 Å². The van der Waals surface area contributed by atoms with Crippen LogP contribution in [0, 0.1) is 0 Å². The Morgan fingerprint density at radius 1 is 1.10 bits per heavy atom. The van der Waals surface area contributed by atoms with Crippen molar-refractivity contribution in [1.29, 1.82) is 0 Å². The van der Waals surface area contributed by atoms with E-state index in [1.165, 1.54) is 11.1 Å². The Morgan fingerprint density at radius 2 is 1.90 bits per heavy atom. The van der Waals surface area contributed by atoms with Gasteiger partial charge in [0, 0.05) is 0 Å². The standard InChI is InChI=1S/C25H32O5/c1-5-6-7-8-16-28-20-13-10-14-21-22(20)24(23(26)25(27)30-21)29-17-15-19(4)12-9-11-18(2)3/h6-7,10-11,13-15,26H,5,8-9,12,16-17H2,1-4H3. The third-order valence-electron chi connectivity index (χ3n) is 4.52. The largest absolute Gasteiger partial charge is 0.499 e. The molecule has 0 bridgehead atoms. The molecule has 162 valence electrons. The van der Waals surface area contributed by atoms with E-state index in [2.05, 4.69) is 39.0 Å². The van der Waals surface area contributed by atoms with Crippen molar-refractivity contribution in [3.05, 3.63) is 64.1 Å². The summed E-state index contributed by atoms with van der Waals surface area (Å²) in [6.45, 7) is 8.98. The summed E-state index contributed by atoms with van der Waals surface area (Å²) in [5, 5.41) is 10.8. The molecule has 2 aromatic rings. The highest BCUT2D eigenvalue weighted by Crippen LogP contribution is 2.38. The van der Waals surface area contributed by atoms with Crippen LogP contribution in [0.5, 0.6) is 17.2 Å². The Labute approximate surface area is 178 Å². The average molecular weight is 413 g/mol. The lowest BCUT2D eigenvalue weighted by Gasteiger charge is -2.13. The third-order valence-corrected chi connectivity index (χ3v) is 4.52. The van der Waals surface area contributed by atoms with E-state index >= 15 is 0 Å². The first-order chi connectivity index (χ1) is 14.4. The number of allylic oxidation sites excluding steroid dienone is 4. The molecule has 0 fully saturated rings. The zero-order valence-corrected chi connectivity index (χ0v) is 18.4. The molecule has 0 atom stereocenters. The molecule has 0 amide bonds. The molecule has 0 saturated carbocycles. The van der Waals surface area contributed by atoms with Gasteiger partial charge in [0.05, 0.1) is 6.61 Å². The molecule has 1 N–H and O–H groups in total. The van der Waals surface area contributed by atoms with Gasteiger partial charge in [-0.25, -0.2) is 4.79 Å². The highest BCUT2D eigenvalue weighted by Gasteiger charge is 2.19. The zero-order valence-electron chi connectivity index (χ0n) is 18.4. The van der Waals surface area contributed by atoms with Gasteiger partial charge < -0.3 is 19.0 Å². The molecule has 1 aromatic heterocycles. The third kappa shape index (κ3) is 6.83. The minimum atomic E-state index is -0.829. The highest BCUT2D eigenvalue weighted by atomic mass is 16.5. The fourth-order valence-corrected chi connectivity index (χ4v) is 2.92. The molecule has 1 aromatic carbocycles. The van der Waals surface area contributed by atoms with E-state index < -0.39 is 11.4 Å². The van der Waals surface area contributed by atoms with Gasteiger partial charge in [0.1, 0.15) is 23.3 Å². The first-order valence-corrected chi connectivity index (χ1v) is 10.4. The molecule has 0 aliphatic heterocycles. The van der Waals surface area contributed by atoms with Crippen molar-refractivity contribution in [2.45, 2.75) is 53.4 Å². The van der Waals surface area contributed by atoms with Gasteiger partial charge in [0.25, 0.3) is 0 Å². The maximum Gasteiger partial charge on any atom is 0.382 e. The lowest BCUT2D eigenvalue weighted by atomic mass is 10.1. The molecule has 30 heavy (non-hydrogen) atoms. The van der Waals surface area contributed by atoms with Crippen molar-refractivity contribution >= 4 is 11.0 Å². The van der Waals surface area contributed by atoms with Crippen molar-refractivity contribution in [1.82, 2.24) is 0 Å². The summed E-state index contributed by atoms with van der Waals surface area (Å²) in [6.07, 6.45) is 11.9. The first-order valence-electron chi connectivity index (χ1n) is 10.4. The molecule has 5 nitrogen and oxygen atoms in total. The van der Waals surface area contributed by atoms with Crippen LogP contribution >= 0.6 is 0 Å².